The van der Waals surface area contributed by atoms with Crippen molar-refractivity contribution in [3.05, 3.63) is 24.3 Å². The predicted octanol–water partition coefficient (Wildman–Crippen LogP) is -1.20. The molecule has 0 saturated heterocycles. The van der Waals surface area contributed by atoms with Gasteiger partial charge >= 0.3 is 0 Å². The van der Waals surface area contributed by atoms with Crippen molar-refractivity contribution >= 4 is 23.6 Å². The molecule has 0 aromatic carbocycles. The Morgan fingerprint density at radius 3 is 1.74 bits per heavy atom. The number of hydroxylamine groups is 2. The van der Waals surface area contributed by atoms with E-state index in [1.807, 2.05) is 0 Å². The minimum absolute atomic E-state index is 0.0572. The first kappa shape index (κ1) is 17.0. The topological polar surface area (TPSA) is 102 Å². The minimum Gasteiger partial charge on any atom is -0.377 e. The lowest BCUT2D eigenvalue weighted by atomic mass is 10.5. The SMILES string of the molecule is O=C1C=CC(=O)N1CCOCCOCCON1C(=O)C=CC1=O. The zero-order chi connectivity index (χ0) is 16.7. The molecule has 124 valence electrons. The predicted molar refractivity (Wildman–Crippen MR) is 74.4 cm³/mol. The molecule has 0 fully saturated rings. The van der Waals surface area contributed by atoms with E-state index in [1.165, 1.54) is 12.2 Å². The number of rotatable bonds is 10. The number of hydrogen-bond donors (Lipinski definition) is 0. The first-order valence-electron chi connectivity index (χ1n) is 6.97. The highest BCUT2D eigenvalue weighted by Gasteiger charge is 2.24. The van der Waals surface area contributed by atoms with Crippen LogP contribution in [0.15, 0.2) is 24.3 Å². The third-order valence-corrected chi connectivity index (χ3v) is 2.95. The Balaban J connectivity index is 1.43. The van der Waals surface area contributed by atoms with E-state index in [1.54, 1.807) is 0 Å². The third kappa shape index (κ3) is 4.81. The van der Waals surface area contributed by atoms with E-state index in [2.05, 4.69) is 0 Å². The quantitative estimate of drug-likeness (QED) is 0.367. The second-order valence-electron chi connectivity index (χ2n) is 4.52. The molecule has 2 aliphatic heterocycles. The Hall–Kier alpha value is -2.36. The van der Waals surface area contributed by atoms with Crippen LogP contribution in [0.2, 0.25) is 0 Å². The van der Waals surface area contributed by atoms with E-state index in [9.17, 15) is 19.2 Å². The fourth-order valence-electron chi connectivity index (χ4n) is 1.83. The van der Waals surface area contributed by atoms with Gasteiger partial charge in [0.1, 0.15) is 0 Å². The molecule has 0 spiro atoms. The molecule has 23 heavy (non-hydrogen) atoms. The van der Waals surface area contributed by atoms with Gasteiger partial charge in [-0.05, 0) is 0 Å². The van der Waals surface area contributed by atoms with Crippen molar-refractivity contribution in [3.63, 3.8) is 0 Å². The summed E-state index contributed by atoms with van der Waals surface area (Å²) in [5.74, 6) is -1.71. The van der Waals surface area contributed by atoms with Crippen LogP contribution >= 0.6 is 0 Å². The van der Waals surface area contributed by atoms with Gasteiger partial charge in [0.15, 0.2) is 0 Å². The zero-order valence-corrected chi connectivity index (χ0v) is 12.3. The van der Waals surface area contributed by atoms with Crippen molar-refractivity contribution in [1.82, 2.24) is 9.96 Å². The first-order valence-corrected chi connectivity index (χ1v) is 6.97. The summed E-state index contributed by atoms with van der Waals surface area (Å²) in [6.07, 6.45) is 4.69. The van der Waals surface area contributed by atoms with Crippen molar-refractivity contribution in [2.75, 3.05) is 39.6 Å². The average molecular weight is 324 g/mol. The van der Waals surface area contributed by atoms with Crippen LogP contribution in [0.25, 0.3) is 0 Å². The summed E-state index contributed by atoms with van der Waals surface area (Å²) >= 11 is 0. The van der Waals surface area contributed by atoms with Crippen LogP contribution in [-0.4, -0.2) is 73.2 Å². The van der Waals surface area contributed by atoms with Crippen molar-refractivity contribution in [2.24, 2.45) is 0 Å². The molecule has 9 heteroatoms. The van der Waals surface area contributed by atoms with Gasteiger partial charge in [-0.3, -0.25) is 28.9 Å². The van der Waals surface area contributed by atoms with E-state index in [0.29, 0.717) is 5.06 Å². The van der Waals surface area contributed by atoms with Crippen molar-refractivity contribution in [3.8, 4) is 0 Å². The molecule has 0 aromatic rings. The number of carbonyl (C=O) groups is 4. The number of ether oxygens (including phenoxy) is 2. The summed E-state index contributed by atoms with van der Waals surface area (Å²) < 4.78 is 10.4. The number of imide groups is 2. The Morgan fingerprint density at radius 1 is 0.652 bits per heavy atom. The summed E-state index contributed by atoms with van der Waals surface area (Å²) in [7, 11) is 0. The van der Waals surface area contributed by atoms with E-state index >= 15 is 0 Å². The van der Waals surface area contributed by atoms with Gasteiger partial charge in [0.25, 0.3) is 23.6 Å². The molecular formula is C14H16N2O7. The monoisotopic (exact) mass is 324 g/mol. The largest absolute Gasteiger partial charge is 0.377 e. The smallest absolute Gasteiger partial charge is 0.277 e. The highest BCUT2D eigenvalue weighted by Crippen LogP contribution is 2.04. The summed E-state index contributed by atoms with van der Waals surface area (Å²) in [6, 6.07) is 0. The number of carbonyl (C=O) groups excluding carboxylic acids is 4. The highest BCUT2D eigenvalue weighted by atomic mass is 16.7. The highest BCUT2D eigenvalue weighted by molar-refractivity contribution is 6.13. The second kappa shape index (κ2) is 8.32. The summed E-state index contributed by atoms with van der Waals surface area (Å²) in [4.78, 5) is 50.9. The maximum atomic E-state index is 11.2. The van der Waals surface area contributed by atoms with Crippen molar-refractivity contribution < 1.29 is 33.5 Å². The van der Waals surface area contributed by atoms with Crippen LogP contribution in [0.4, 0.5) is 0 Å². The van der Waals surface area contributed by atoms with E-state index < -0.39 is 11.8 Å². The molecule has 2 aliphatic rings. The van der Waals surface area contributed by atoms with Gasteiger partial charge in [0, 0.05) is 24.3 Å². The number of amides is 4. The van der Waals surface area contributed by atoms with Gasteiger partial charge in [0.05, 0.1) is 39.6 Å². The van der Waals surface area contributed by atoms with Crippen LogP contribution in [-0.2, 0) is 33.5 Å². The summed E-state index contributed by atoms with van der Waals surface area (Å²) in [5, 5.41) is 0.665. The molecule has 0 radical (unpaired) electrons. The van der Waals surface area contributed by atoms with E-state index in [4.69, 9.17) is 14.3 Å². The Bertz CT molecular complexity index is 471. The molecular weight excluding hydrogens is 308 g/mol. The molecule has 0 atom stereocenters. The third-order valence-electron chi connectivity index (χ3n) is 2.95. The summed E-state index contributed by atoms with van der Waals surface area (Å²) in [6.45, 7) is 1.23. The molecule has 0 saturated carbocycles. The number of hydrogen-bond acceptors (Lipinski definition) is 7. The minimum atomic E-state index is -0.515. The lowest BCUT2D eigenvalue weighted by Gasteiger charge is -2.14. The normalized spacial score (nSPS) is 17.2. The molecule has 9 nitrogen and oxygen atoms in total. The number of nitrogens with zero attached hydrogens (tertiary/aromatic N) is 2. The maximum absolute atomic E-state index is 11.2. The molecule has 2 rings (SSSR count). The fraction of sp³-hybridized carbons (Fsp3) is 0.429. The van der Waals surface area contributed by atoms with Crippen LogP contribution in [0.5, 0.6) is 0 Å². The summed E-state index contributed by atoms with van der Waals surface area (Å²) in [5.41, 5.74) is 0. The van der Waals surface area contributed by atoms with Crippen LogP contribution in [0.3, 0.4) is 0 Å². The van der Waals surface area contributed by atoms with Gasteiger partial charge in [-0.15, -0.1) is 5.06 Å². The molecule has 0 bridgehead atoms. The molecule has 0 aliphatic carbocycles. The van der Waals surface area contributed by atoms with Crippen LogP contribution < -0.4 is 0 Å². The van der Waals surface area contributed by atoms with Gasteiger partial charge in [-0.25, -0.2) is 0 Å². The van der Waals surface area contributed by atoms with Gasteiger partial charge in [-0.2, -0.15) is 0 Å². The Labute approximate surface area is 132 Å². The van der Waals surface area contributed by atoms with Gasteiger partial charge in [-0.1, -0.05) is 0 Å². The van der Waals surface area contributed by atoms with Gasteiger partial charge in [0.2, 0.25) is 0 Å². The molecule has 0 aromatic heterocycles. The second-order valence-corrected chi connectivity index (χ2v) is 4.52. The molecule has 2 heterocycles. The molecule has 0 unspecified atom stereocenters. The lowest BCUT2D eigenvalue weighted by molar-refractivity contribution is -0.189. The van der Waals surface area contributed by atoms with Crippen molar-refractivity contribution in [1.29, 1.82) is 0 Å². The van der Waals surface area contributed by atoms with Gasteiger partial charge < -0.3 is 9.47 Å². The lowest BCUT2D eigenvalue weighted by Crippen LogP contribution is -2.33. The van der Waals surface area contributed by atoms with Crippen LogP contribution in [0.1, 0.15) is 0 Å². The first-order chi connectivity index (χ1) is 11.1. The Kier molecular flexibility index (Phi) is 6.15. The molecule has 0 N–H and O–H groups in total. The Morgan fingerprint density at radius 2 is 1.13 bits per heavy atom. The van der Waals surface area contributed by atoms with Crippen molar-refractivity contribution in [2.45, 2.75) is 0 Å². The fourth-order valence-corrected chi connectivity index (χ4v) is 1.83. The molecule has 4 amide bonds. The average Bonchev–Trinajstić information content (AvgIpc) is 3.02. The maximum Gasteiger partial charge on any atom is 0.277 e. The standard InChI is InChI=1S/C14H16N2O7/c17-11-1-2-12(18)15(11)5-6-21-7-8-22-9-10-23-16-13(19)3-4-14(16)20/h1-4H,5-10H2. The van der Waals surface area contributed by atoms with Crippen LogP contribution in [0, 0.1) is 0 Å². The van der Waals surface area contributed by atoms with E-state index in [-0.39, 0.29) is 51.4 Å². The zero-order valence-electron chi connectivity index (χ0n) is 12.3. The van der Waals surface area contributed by atoms with E-state index in [0.717, 1.165) is 17.1 Å².